The highest BCUT2D eigenvalue weighted by molar-refractivity contribution is 6.06. The van der Waals surface area contributed by atoms with Crippen LogP contribution in [0.1, 0.15) is 36.6 Å². The largest absolute Gasteiger partial charge is 0.493 e. The van der Waals surface area contributed by atoms with E-state index in [2.05, 4.69) is 41.6 Å². The van der Waals surface area contributed by atoms with Crippen LogP contribution in [0.4, 0.5) is 11.6 Å². The first kappa shape index (κ1) is 25.0. The van der Waals surface area contributed by atoms with Crippen LogP contribution in [-0.2, 0) is 4.79 Å². The van der Waals surface area contributed by atoms with E-state index in [9.17, 15) is 4.79 Å². The van der Waals surface area contributed by atoms with Crippen LogP contribution in [0, 0.1) is 13.8 Å². The number of carbonyl (C=O) groups excluding carboxylic acids is 1. The Hall–Kier alpha value is -4.66. The Morgan fingerprint density at radius 2 is 1.92 bits per heavy atom. The van der Waals surface area contributed by atoms with Gasteiger partial charge < -0.3 is 20.1 Å². The van der Waals surface area contributed by atoms with Crippen LogP contribution in [0.5, 0.6) is 11.5 Å². The molecule has 0 fully saturated rings. The third-order valence-electron chi connectivity index (χ3n) is 6.58. The summed E-state index contributed by atoms with van der Waals surface area (Å²) in [6.07, 6.45) is 3.27. The summed E-state index contributed by atoms with van der Waals surface area (Å²) in [5.74, 6) is 2.05. The Morgan fingerprint density at radius 1 is 1.08 bits per heavy atom. The zero-order valence-electron chi connectivity index (χ0n) is 22.1. The molecule has 0 saturated heterocycles. The number of amides is 1. The van der Waals surface area contributed by atoms with Gasteiger partial charge in [-0.3, -0.25) is 9.78 Å². The number of methoxy groups -OCH3 is 1. The molecular formula is C29H30N6O3. The highest BCUT2D eigenvalue weighted by Crippen LogP contribution is 2.40. The average molecular weight is 511 g/mol. The molecule has 2 aromatic carbocycles. The minimum absolute atomic E-state index is 0.269. The van der Waals surface area contributed by atoms with Crippen LogP contribution < -0.4 is 20.1 Å². The first-order valence-corrected chi connectivity index (χ1v) is 12.4. The third-order valence-corrected chi connectivity index (χ3v) is 6.58. The molecule has 0 spiro atoms. The SMILES string of the molecule is CCOc1ccc(C2C(C(=O)Nc3cccnc3)=C(C)Nc3nc(-c4ccc(C)c(C)c4)nn32)cc1OC. The molecule has 4 aromatic rings. The first-order chi connectivity index (χ1) is 18.4. The third kappa shape index (κ3) is 4.70. The summed E-state index contributed by atoms with van der Waals surface area (Å²) in [7, 11) is 1.60. The van der Waals surface area contributed by atoms with Gasteiger partial charge in [-0.2, -0.15) is 4.98 Å². The monoisotopic (exact) mass is 510 g/mol. The van der Waals surface area contributed by atoms with Crippen molar-refractivity contribution >= 4 is 17.5 Å². The van der Waals surface area contributed by atoms with E-state index in [4.69, 9.17) is 19.6 Å². The molecule has 3 heterocycles. The molecule has 1 aliphatic rings. The fourth-order valence-corrected chi connectivity index (χ4v) is 4.52. The van der Waals surface area contributed by atoms with E-state index in [0.29, 0.717) is 46.8 Å². The second-order valence-corrected chi connectivity index (χ2v) is 9.11. The summed E-state index contributed by atoms with van der Waals surface area (Å²) < 4.78 is 13.1. The van der Waals surface area contributed by atoms with Crippen LogP contribution in [0.2, 0.25) is 0 Å². The Morgan fingerprint density at radius 3 is 2.63 bits per heavy atom. The number of allylic oxidation sites excluding steroid dienone is 1. The molecule has 9 nitrogen and oxygen atoms in total. The van der Waals surface area contributed by atoms with E-state index in [0.717, 1.165) is 16.7 Å². The van der Waals surface area contributed by atoms with E-state index >= 15 is 0 Å². The summed E-state index contributed by atoms with van der Waals surface area (Å²) in [5, 5.41) is 11.1. The van der Waals surface area contributed by atoms with Gasteiger partial charge in [-0.15, -0.1) is 5.10 Å². The van der Waals surface area contributed by atoms with Crippen molar-refractivity contribution in [3.8, 4) is 22.9 Å². The Labute approximate surface area is 221 Å². The Balaban J connectivity index is 1.63. The number of ether oxygens (including phenoxy) is 2. The molecule has 0 saturated carbocycles. The van der Waals surface area contributed by atoms with Crippen molar-refractivity contribution in [2.45, 2.75) is 33.7 Å². The van der Waals surface area contributed by atoms with Gasteiger partial charge in [0, 0.05) is 17.5 Å². The molecule has 2 N–H and O–H groups in total. The molecular weight excluding hydrogens is 480 g/mol. The lowest BCUT2D eigenvalue weighted by Crippen LogP contribution is -2.31. The van der Waals surface area contributed by atoms with Gasteiger partial charge in [-0.1, -0.05) is 18.2 Å². The molecule has 0 radical (unpaired) electrons. The van der Waals surface area contributed by atoms with Crippen molar-refractivity contribution in [3.63, 3.8) is 0 Å². The average Bonchev–Trinajstić information content (AvgIpc) is 3.34. The number of carbonyl (C=O) groups is 1. The summed E-state index contributed by atoms with van der Waals surface area (Å²) in [6, 6.07) is 14.8. The second kappa shape index (κ2) is 10.4. The number of aromatic nitrogens is 4. The summed E-state index contributed by atoms with van der Waals surface area (Å²) in [4.78, 5) is 22.6. The van der Waals surface area contributed by atoms with Crippen LogP contribution in [0.25, 0.3) is 11.4 Å². The van der Waals surface area contributed by atoms with Gasteiger partial charge >= 0.3 is 0 Å². The van der Waals surface area contributed by atoms with Crippen LogP contribution in [0.15, 0.2) is 72.2 Å². The number of nitrogens with one attached hydrogen (secondary N) is 2. The first-order valence-electron chi connectivity index (χ1n) is 12.4. The van der Waals surface area contributed by atoms with Crippen molar-refractivity contribution in [2.75, 3.05) is 24.4 Å². The maximum Gasteiger partial charge on any atom is 0.255 e. The normalized spacial score (nSPS) is 14.5. The number of aryl methyl sites for hydroxylation is 2. The zero-order chi connectivity index (χ0) is 26.8. The quantitative estimate of drug-likeness (QED) is 0.348. The number of anilines is 2. The van der Waals surface area contributed by atoms with Crippen LogP contribution in [-0.4, -0.2) is 39.4 Å². The van der Waals surface area contributed by atoms with Crippen molar-refractivity contribution < 1.29 is 14.3 Å². The number of pyridine rings is 1. The van der Waals surface area contributed by atoms with Crippen molar-refractivity contribution in [2.24, 2.45) is 0 Å². The topological polar surface area (TPSA) is 103 Å². The van der Waals surface area contributed by atoms with E-state index < -0.39 is 6.04 Å². The minimum atomic E-state index is -0.569. The Kier molecular flexibility index (Phi) is 6.83. The van der Waals surface area contributed by atoms with E-state index in [1.165, 1.54) is 5.56 Å². The molecule has 0 aliphatic carbocycles. The maximum absolute atomic E-state index is 13.7. The van der Waals surface area contributed by atoms with Crippen molar-refractivity contribution in [3.05, 3.63) is 88.9 Å². The highest BCUT2D eigenvalue weighted by Gasteiger charge is 2.35. The summed E-state index contributed by atoms with van der Waals surface area (Å²) >= 11 is 0. The zero-order valence-corrected chi connectivity index (χ0v) is 22.1. The van der Waals surface area contributed by atoms with E-state index in [-0.39, 0.29) is 5.91 Å². The number of benzene rings is 2. The smallest absolute Gasteiger partial charge is 0.255 e. The highest BCUT2D eigenvalue weighted by atomic mass is 16.5. The number of fused-ring (bicyclic) bond motifs is 1. The fourth-order valence-electron chi connectivity index (χ4n) is 4.52. The molecule has 1 unspecified atom stereocenters. The predicted molar refractivity (Wildman–Crippen MR) is 146 cm³/mol. The lowest BCUT2D eigenvalue weighted by molar-refractivity contribution is -0.113. The number of nitrogens with zero attached hydrogens (tertiary/aromatic N) is 4. The van der Waals surface area contributed by atoms with Crippen LogP contribution in [0.3, 0.4) is 0 Å². The molecule has 0 bridgehead atoms. The van der Waals surface area contributed by atoms with Gasteiger partial charge in [0.25, 0.3) is 5.91 Å². The molecule has 1 atom stereocenters. The Bertz CT molecular complexity index is 1530. The number of hydrogen-bond donors (Lipinski definition) is 2. The minimum Gasteiger partial charge on any atom is -0.493 e. The molecule has 2 aromatic heterocycles. The maximum atomic E-state index is 13.7. The van der Waals surface area contributed by atoms with Gasteiger partial charge in [0.1, 0.15) is 6.04 Å². The number of rotatable bonds is 7. The van der Waals surface area contributed by atoms with Crippen molar-refractivity contribution in [1.82, 2.24) is 19.7 Å². The standard InChI is InChI=1S/C29H30N6O3/c1-6-38-23-12-11-20(15-24(23)37-5)26-25(28(36)32-22-8-7-13-30-16-22)19(4)31-29-33-27(34-35(26)29)21-10-9-17(2)18(3)14-21/h7-16,26H,6H2,1-5H3,(H,32,36)(H,31,33,34). The summed E-state index contributed by atoms with van der Waals surface area (Å²) in [5.41, 5.74) is 5.84. The molecule has 1 amide bonds. The van der Waals surface area contributed by atoms with Gasteiger partial charge in [0.2, 0.25) is 5.95 Å². The molecule has 5 rings (SSSR count). The van der Waals surface area contributed by atoms with E-state index in [1.807, 2.05) is 38.1 Å². The van der Waals surface area contributed by atoms with Crippen LogP contribution >= 0.6 is 0 Å². The molecule has 38 heavy (non-hydrogen) atoms. The van der Waals surface area contributed by atoms with Gasteiger partial charge in [-0.25, -0.2) is 4.68 Å². The predicted octanol–water partition coefficient (Wildman–Crippen LogP) is 5.29. The molecule has 194 valence electrons. The van der Waals surface area contributed by atoms with E-state index in [1.54, 1.807) is 36.3 Å². The second-order valence-electron chi connectivity index (χ2n) is 9.11. The van der Waals surface area contributed by atoms with Crippen molar-refractivity contribution in [1.29, 1.82) is 0 Å². The molecule has 1 aliphatic heterocycles. The molecule has 9 heteroatoms. The lowest BCUT2D eigenvalue weighted by Gasteiger charge is -2.29. The lowest BCUT2D eigenvalue weighted by atomic mass is 9.94. The summed E-state index contributed by atoms with van der Waals surface area (Å²) in [6.45, 7) is 8.43. The fraction of sp³-hybridized carbons (Fsp3) is 0.241. The van der Waals surface area contributed by atoms with Gasteiger partial charge in [0.05, 0.1) is 31.2 Å². The van der Waals surface area contributed by atoms with Gasteiger partial charge in [-0.05, 0) is 74.7 Å². The van der Waals surface area contributed by atoms with Gasteiger partial charge in [0.15, 0.2) is 17.3 Å². The number of hydrogen-bond acceptors (Lipinski definition) is 7.